The van der Waals surface area contributed by atoms with Crippen LogP contribution < -0.4 is 30.7 Å². The zero-order valence-corrected chi connectivity index (χ0v) is 20.3. The summed E-state index contributed by atoms with van der Waals surface area (Å²) in [6, 6.07) is 8.78. The number of carbonyl (C=O) groups excluding carboxylic acids is 1. The minimum absolute atomic E-state index is 0.0349. The van der Waals surface area contributed by atoms with E-state index in [1.807, 2.05) is 26.0 Å². The summed E-state index contributed by atoms with van der Waals surface area (Å²) >= 11 is 0. The average molecular weight is 468 g/mol. The van der Waals surface area contributed by atoms with E-state index < -0.39 is 6.03 Å². The average Bonchev–Trinajstić information content (AvgIpc) is 3.13. The van der Waals surface area contributed by atoms with Gasteiger partial charge in [-0.25, -0.2) is 9.59 Å². The second-order valence-corrected chi connectivity index (χ2v) is 8.32. The van der Waals surface area contributed by atoms with E-state index in [-0.39, 0.29) is 5.69 Å². The Morgan fingerprint density at radius 1 is 0.882 bits per heavy atom. The highest BCUT2D eigenvalue weighted by atomic mass is 16.5. The molecule has 0 bridgehead atoms. The molecule has 0 aliphatic carbocycles. The lowest BCUT2D eigenvalue weighted by molar-refractivity contribution is 0.262. The summed E-state index contributed by atoms with van der Waals surface area (Å²) in [7, 11) is 3.12. The lowest BCUT2D eigenvalue weighted by Crippen LogP contribution is -2.31. The van der Waals surface area contributed by atoms with E-state index in [1.54, 1.807) is 41.6 Å². The molecule has 1 aromatic heterocycles. The smallest absolute Gasteiger partial charge is 0.329 e. The normalized spacial score (nSPS) is 13.7. The van der Waals surface area contributed by atoms with Gasteiger partial charge in [0.05, 0.1) is 42.3 Å². The van der Waals surface area contributed by atoms with Crippen LogP contribution in [-0.2, 0) is 13.1 Å². The second-order valence-electron chi connectivity index (χ2n) is 8.32. The van der Waals surface area contributed by atoms with Gasteiger partial charge in [-0.1, -0.05) is 0 Å². The molecule has 0 saturated carbocycles. The molecule has 9 nitrogen and oxygen atoms in total. The van der Waals surface area contributed by atoms with Crippen molar-refractivity contribution in [2.75, 3.05) is 42.8 Å². The van der Waals surface area contributed by atoms with Gasteiger partial charge in [0, 0.05) is 32.2 Å². The number of imidazole rings is 1. The molecule has 1 fully saturated rings. The number of fused-ring (bicyclic) bond motifs is 1. The topological polar surface area (TPSA) is 89.8 Å². The standard InChI is InChI=1S/C25H33N5O4/c1-5-29-21-15-18(26-24(31)27-19-14-17(33-3)10-11-23(19)34-4)20(28-12-8-7-9-13-28)16-22(21)30(6-2)25(29)32/h10-11,14-16H,5-9,12-13H2,1-4H3,(H2,26,27,31). The van der Waals surface area contributed by atoms with Crippen LogP contribution in [0.3, 0.4) is 0 Å². The minimum atomic E-state index is -0.399. The van der Waals surface area contributed by atoms with Gasteiger partial charge < -0.3 is 25.0 Å². The van der Waals surface area contributed by atoms with E-state index in [1.165, 1.54) is 6.42 Å². The molecule has 182 valence electrons. The van der Waals surface area contributed by atoms with Crippen molar-refractivity contribution in [2.45, 2.75) is 46.2 Å². The SMILES string of the molecule is CCn1c(=O)n(CC)c2cc(N3CCCCC3)c(NC(=O)Nc3cc(OC)ccc3OC)cc21. The molecule has 1 saturated heterocycles. The Bertz CT molecular complexity index is 1240. The van der Waals surface area contributed by atoms with Gasteiger partial charge in [0.25, 0.3) is 0 Å². The van der Waals surface area contributed by atoms with Crippen LogP contribution in [0, 0.1) is 0 Å². The second kappa shape index (κ2) is 10.1. The van der Waals surface area contributed by atoms with E-state index in [2.05, 4.69) is 15.5 Å². The van der Waals surface area contributed by atoms with Crippen molar-refractivity contribution in [2.24, 2.45) is 0 Å². The van der Waals surface area contributed by atoms with Crippen LogP contribution in [0.15, 0.2) is 35.1 Å². The van der Waals surface area contributed by atoms with Gasteiger partial charge in [0.2, 0.25) is 0 Å². The van der Waals surface area contributed by atoms with Crippen LogP contribution in [0.25, 0.3) is 11.0 Å². The molecular formula is C25H33N5O4. The fourth-order valence-electron chi connectivity index (χ4n) is 4.65. The predicted molar refractivity (Wildman–Crippen MR) is 136 cm³/mol. The quantitative estimate of drug-likeness (QED) is 0.534. The summed E-state index contributed by atoms with van der Waals surface area (Å²) < 4.78 is 14.2. The lowest BCUT2D eigenvalue weighted by atomic mass is 10.1. The number of anilines is 3. The number of rotatable bonds is 7. The third-order valence-electron chi connectivity index (χ3n) is 6.37. The Kier molecular flexibility index (Phi) is 7.00. The number of methoxy groups -OCH3 is 2. The molecule has 1 aliphatic heterocycles. The molecule has 4 rings (SSSR count). The molecule has 34 heavy (non-hydrogen) atoms. The summed E-state index contributed by atoms with van der Waals surface area (Å²) in [4.78, 5) is 28.3. The van der Waals surface area contributed by atoms with Crippen LogP contribution in [0.5, 0.6) is 11.5 Å². The number of carbonyl (C=O) groups is 1. The van der Waals surface area contributed by atoms with Crippen molar-refractivity contribution in [1.29, 1.82) is 0 Å². The zero-order valence-electron chi connectivity index (χ0n) is 20.3. The fraction of sp³-hybridized carbons (Fsp3) is 0.440. The van der Waals surface area contributed by atoms with Crippen molar-refractivity contribution >= 4 is 34.1 Å². The molecule has 2 aromatic carbocycles. The first-order valence-electron chi connectivity index (χ1n) is 11.8. The van der Waals surface area contributed by atoms with Crippen LogP contribution in [0.1, 0.15) is 33.1 Å². The summed E-state index contributed by atoms with van der Waals surface area (Å²) in [5.41, 5.74) is 3.76. The maximum atomic E-state index is 13.1. The Hall–Kier alpha value is -3.62. The van der Waals surface area contributed by atoms with Gasteiger partial charge in [0.15, 0.2) is 0 Å². The number of nitrogens with zero attached hydrogens (tertiary/aromatic N) is 3. The number of piperidine rings is 1. The first-order valence-corrected chi connectivity index (χ1v) is 11.8. The minimum Gasteiger partial charge on any atom is -0.497 e. The van der Waals surface area contributed by atoms with Gasteiger partial charge >= 0.3 is 11.7 Å². The van der Waals surface area contributed by atoms with Crippen molar-refractivity contribution in [1.82, 2.24) is 9.13 Å². The van der Waals surface area contributed by atoms with E-state index in [9.17, 15) is 9.59 Å². The molecular weight excluding hydrogens is 434 g/mol. The lowest BCUT2D eigenvalue weighted by Gasteiger charge is -2.31. The van der Waals surface area contributed by atoms with E-state index in [4.69, 9.17) is 9.47 Å². The first-order chi connectivity index (χ1) is 16.5. The number of hydrogen-bond donors (Lipinski definition) is 2. The maximum absolute atomic E-state index is 13.1. The largest absolute Gasteiger partial charge is 0.497 e. The molecule has 9 heteroatoms. The Morgan fingerprint density at radius 2 is 1.53 bits per heavy atom. The highest BCUT2D eigenvalue weighted by Crippen LogP contribution is 2.34. The Balaban J connectivity index is 1.74. The molecule has 3 aromatic rings. The number of benzene rings is 2. The van der Waals surface area contributed by atoms with Crippen molar-refractivity contribution in [3.05, 3.63) is 40.8 Å². The fourth-order valence-corrected chi connectivity index (χ4v) is 4.65. The maximum Gasteiger partial charge on any atom is 0.329 e. The summed E-state index contributed by atoms with van der Waals surface area (Å²) in [6.45, 7) is 6.90. The summed E-state index contributed by atoms with van der Waals surface area (Å²) in [5.74, 6) is 1.14. The van der Waals surface area contributed by atoms with Crippen LogP contribution >= 0.6 is 0 Å². The van der Waals surface area contributed by atoms with Crippen molar-refractivity contribution in [3.8, 4) is 11.5 Å². The van der Waals surface area contributed by atoms with Crippen LogP contribution in [-0.4, -0.2) is 42.5 Å². The molecule has 1 aliphatic rings. The number of ether oxygens (including phenoxy) is 2. The van der Waals surface area contributed by atoms with E-state index in [0.29, 0.717) is 36.0 Å². The highest BCUT2D eigenvalue weighted by Gasteiger charge is 2.21. The Labute approximate surface area is 199 Å². The van der Waals surface area contributed by atoms with Gasteiger partial charge in [-0.3, -0.25) is 9.13 Å². The number of hydrogen-bond acceptors (Lipinski definition) is 5. The van der Waals surface area contributed by atoms with Gasteiger partial charge in [-0.2, -0.15) is 0 Å². The summed E-state index contributed by atoms with van der Waals surface area (Å²) in [5, 5.41) is 5.89. The molecule has 2 N–H and O–H groups in total. The van der Waals surface area contributed by atoms with Crippen molar-refractivity contribution < 1.29 is 14.3 Å². The van der Waals surface area contributed by atoms with Gasteiger partial charge in [-0.05, 0) is 57.4 Å². The van der Waals surface area contributed by atoms with Crippen LogP contribution in [0.4, 0.5) is 21.9 Å². The third-order valence-corrected chi connectivity index (χ3v) is 6.37. The predicted octanol–water partition coefficient (Wildman–Crippen LogP) is 4.49. The first kappa shape index (κ1) is 23.5. The molecule has 2 heterocycles. The van der Waals surface area contributed by atoms with Crippen molar-refractivity contribution in [3.63, 3.8) is 0 Å². The van der Waals surface area contributed by atoms with E-state index >= 15 is 0 Å². The summed E-state index contributed by atoms with van der Waals surface area (Å²) in [6.07, 6.45) is 3.39. The number of aryl methyl sites for hydroxylation is 2. The molecule has 0 radical (unpaired) electrons. The number of nitrogens with one attached hydrogen (secondary N) is 2. The van der Waals surface area contributed by atoms with Gasteiger partial charge in [0.1, 0.15) is 11.5 Å². The van der Waals surface area contributed by atoms with Gasteiger partial charge in [-0.15, -0.1) is 0 Å². The highest BCUT2D eigenvalue weighted by molar-refractivity contribution is 6.04. The molecule has 0 unspecified atom stereocenters. The zero-order chi connectivity index (χ0) is 24.2. The number of aromatic nitrogens is 2. The molecule has 0 atom stereocenters. The number of amides is 2. The molecule has 2 amide bonds. The monoisotopic (exact) mass is 467 g/mol. The number of urea groups is 1. The van der Waals surface area contributed by atoms with E-state index in [0.717, 1.165) is 42.7 Å². The Morgan fingerprint density at radius 3 is 2.15 bits per heavy atom. The van der Waals surface area contributed by atoms with Crippen LogP contribution in [0.2, 0.25) is 0 Å². The molecule has 0 spiro atoms. The third kappa shape index (κ3) is 4.42.